The molecule has 0 aromatic rings. The van der Waals surface area contributed by atoms with Gasteiger partial charge < -0.3 is 0 Å². The standard InChI is InChI=1S/C5H5.CH3.3BrH.Hf/c1-2-4-5-3-1;;;;;/h1-3H,4H2;1H3;3*1H;. The van der Waals surface area contributed by atoms with Gasteiger partial charge in [-0.2, -0.15) is 0 Å². The SMILES string of the molecule is Br.Br.Br.[CH3][Hf][C]1=CC=CC1. The molecule has 0 aliphatic heterocycles. The first-order chi connectivity index (χ1) is 3.43. The topological polar surface area (TPSA) is 0 Å². The zero-order chi connectivity index (χ0) is 5.11. The fourth-order valence-corrected chi connectivity index (χ4v) is 2.73. The van der Waals surface area contributed by atoms with Crippen LogP contribution in [0.5, 0.6) is 0 Å². The van der Waals surface area contributed by atoms with Gasteiger partial charge in [0.05, 0.1) is 0 Å². The van der Waals surface area contributed by atoms with Gasteiger partial charge in [0.15, 0.2) is 0 Å². The summed E-state index contributed by atoms with van der Waals surface area (Å²) in [5.41, 5.74) is 0. The monoisotopic (exact) mass is 500 g/mol. The second kappa shape index (κ2) is 10.8. The van der Waals surface area contributed by atoms with Crippen molar-refractivity contribution >= 4 is 50.9 Å². The molecular formula is C6H11Br3Hf. The first-order valence-electron chi connectivity index (χ1n) is 2.47. The van der Waals surface area contributed by atoms with Crippen molar-refractivity contribution in [2.24, 2.45) is 0 Å². The normalized spacial score (nSPS) is 11.9. The summed E-state index contributed by atoms with van der Waals surface area (Å²) in [6.07, 6.45) is 7.97. The molecule has 0 fully saturated rings. The summed E-state index contributed by atoms with van der Waals surface area (Å²) in [4.78, 5) is 0. The van der Waals surface area contributed by atoms with Crippen molar-refractivity contribution in [2.45, 2.75) is 11.1 Å². The van der Waals surface area contributed by atoms with Gasteiger partial charge in [0.2, 0.25) is 0 Å². The summed E-state index contributed by atoms with van der Waals surface area (Å²) in [5.74, 6) is 0. The number of hydrogen-bond acceptors (Lipinski definition) is 0. The number of allylic oxidation sites excluding steroid dienone is 4. The average molecular weight is 501 g/mol. The Hall–Kier alpha value is 1.79. The molecule has 0 amide bonds. The molecule has 0 spiro atoms. The van der Waals surface area contributed by atoms with E-state index in [2.05, 4.69) is 22.9 Å². The van der Waals surface area contributed by atoms with Crippen LogP contribution < -0.4 is 0 Å². The van der Waals surface area contributed by atoms with Crippen molar-refractivity contribution in [1.82, 2.24) is 0 Å². The van der Waals surface area contributed by atoms with Crippen molar-refractivity contribution < 1.29 is 22.9 Å². The van der Waals surface area contributed by atoms with Crippen LogP contribution in [0.25, 0.3) is 0 Å². The van der Waals surface area contributed by atoms with E-state index in [9.17, 15) is 0 Å². The Labute approximate surface area is 105 Å². The zero-order valence-corrected chi connectivity index (χ0v) is 14.4. The molecule has 0 atom stereocenters. The molecule has 0 saturated heterocycles. The molecule has 0 aromatic carbocycles. The summed E-state index contributed by atoms with van der Waals surface area (Å²) >= 11 is -0.221. The van der Waals surface area contributed by atoms with E-state index in [1.807, 2.05) is 0 Å². The van der Waals surface area contributed by atoms with Gasteiger partial charge in [-0.1, -0.05) is 0 Å². The van der Waals surface area contributed by atoms with Crippen LogP contribution in [0.3, 0.4) is 0 Å². The quantitative estimate of drug-likeness (QED) is 0.481. The molecule has 1 aliphatic rings. The van der Waals surface area contributed by atoms with E-state index in [-0.39, 0.29) is 73.9 Å². The van der Waals surface area contributed by atoms with Gasteiger partial charge in [0, 0.05) is 0 Å². The van der Waals surface area contributed by atoms with E-state index in [1.54, 1.807) is 3.33 Å². The molecule has 0 aromatic heterocycles. The summed E-state index contributed by atoms with van der Waals surface area (Å²) in [5, 5.41) is 0. The number of hydrogen-bond donors (Lipinski definition) is 0. The Bertz CT molecular complexity index is 120. The summed E-state index contributed by atoms with van der Waals surface area (Å²) in [7, 11) is 0. The van der Waals surface area contributed by atoms with Gasteiger partial charge in [-0.3, -0.25) is 0 Å². The second-order valence-corrected chi connectivity index (χ2v) is 5.68. The van der Waals surface area contributed by atoms with Gasteiger partial charge in [-0.05, 0) is 0 Å². The summed E-state index contributed by atoms with van der Waals surface area (Å²) < 4.78 is 4.14. The third-order valence-corrected chi connectivity index (χ3v) is 4.73. The predicted octanol–water partition coefficient (Wildman–Crippen LogP) is 3.69. The van der Waals surface area contributed by atoms with Crippen LogP contribution in [-0.4, -0.2) is 0 Å². The van der Waals surface area contributed by atoms with Crippen molar-refractivity contribution in [1.29, 1.82) is 0 Å². The van der Waals surface area contributed by atoms with Gasteiger partial charge in [0.1, 0.15) is 0 Å². The van der Waals surface area contributed by atoms with Crippen molar-refractivity contribution in [3.63, 3.8) is 0 Å². The molecular weight excluding hydrogens is 490 g/mol. The summed E-state index contributed by atoms with van der Waals surface area (Å²) in [6.45, 7) is 0. The predicted molar refractivity (Wildman–Crippen MR) is 58.7 cm³/mol. The van der Waals surface area contributed by atoms with E-state index in [0.29, 0.717) is 0 Å². The maximum atomic E-state index is 2.39. The molecule has 10 heavy (non-hydrogen) atoms. The molecule has 0 N–H and O–H groups in total. The van der Waals surface area contributed by atoms with E-state index in [0.717, 1.165) is 0 Å². The average Bonchev–Trinajstić information content (AvgIpc) is 2.14. The second-order valence-electron chi connectivity index (χ2n) is 1.57. The third-order valence-electron chi connectivity index (χ3n) is 1.09. The molecule has 1 rings (SSSR count). The maximum absolute atomic E-state index is 2.39. The third kappa shape index (κ3) is 6.50. The van der Waals surface area contributed by atoms with Crippen LogP contribution in [0, 0.1) is 0 Å². The minimum atomic E-state index is -0.221. The van der Waals surface area contributed by atoms with Crippen LogP contribution >= 0.6 is 50.9 Å². The van der Waals surface area contributed by atoms with Gasteiger partial charge in [0.25, 0.3) is 0 Å². The zero-order valence-electron chi connectivity index (χ0n) is 5.66. The fourth-order valence-electron chi connectivity index (χ4n) is 0.633. The first kappa shape index (κ1) is 17.8. The van der Waals surface area contributed by atoms with E-state index in [4.69, 9.17) is 0 Å². The van der Waals surface area contributed by atoms with Crippen LogP contribution in [0.4, 0.5) is 0 Å². The Morgan fingerprint density at radius 3 is 2.10 bits per heavy atom. The molecule has 0 radical (unpaired) electrons. The van der Waals surface area contributed by atoms with Crippen LogP contribution in [-0.2, 0) is 22.9 Å². The Kier molecular flexibility index (Phi) is 19.2. The molecule has 0 heterocycles. The minimum absolute atomic E-state index is 0. The summed E-state index contributed by atoms with van der Waals surface area (Å²) in [6, 6.07) is 0. The Morgan fingerprint density at radius 1 is 1.30 bits per heavy atom. The molecule has 0 saturated carbocycles. The molecule has 0 unspecified atom stereocenters. The van der Waals surface area contributed by atoms with Crippen molar-refractivity contribution in [3.05, 3.63) is 21.6 Å². The molecule has 60 valence electrons. The van der Waals surface area contributed by atoms with Crippen LogP contribution in [0.15, 0.2) is 21.6 Å². The van der Waals surface area contributed by atoms with Crippen LogP contribution in [0.2, 0.25) is 4.68 Å². The first-order valence-corrected chi connectivity index (χ1v) is 7.86. The fraction of sp³-hybridized carbons (Fsp3) is 0.333. The van der Waals surface area contributed by atoms with Gasteiger partial charge in [-0.25, -0.2) is 0 Å². The van der Waals surface area contributed by atoms with Crippen molar-refractivity contribution in [2.75, 3.05) is 0 Å². The molecule has 0 bridgehead atoms. The van der Waals surface area contributed by atoms with Gasteiger partial charge in [-0.15, -0.1) is 50.9 Å². The van der Waals surface area contributed by atoms with Crippen molar-refractivity contribution in [3.8, 4) is 0 Å². The van der Waals surface area contributed by atoms with E-state index in [1.165, 1.54) is 6.42 Å². The molecule has 4 heteroatoms. The van der Waals surface area contributed by atoms with E-state index < -0.39 is 0 Å². The van der Waals surface area contributed by atoms with Crippen LogP contribution in [0.1, 0.15) is 6.42 Å². The molecule has 0 nitrogen and oxygen atoms in total. The number of halogens is 3. The Balaban J connectivity index is -0.000000163. The van der Waals surface area contributed by atoms with Gasteiger partial charge >= 0.3 is 55.6 Å². The van der Waals surface area contributed by atoms with E-state index >= 15 is 0 Å². The Morgan fingerprint density at radius 2 is 1.90 bits per heavy atom. The molecule has 1 aliphatic carbocycles. The number of rotatable bonds is 1.